The van der Waals surface area contributed by atoms with E-state index in [4.69, 9.17) is 4.52 Å². The van der Waals surface area contributed by atoms with Crippen LogP contribution in [0.2, 0.25) is 0 Å². The predicted octanol–water partition coefficient (Wildman–Crippen LogP) is 2.54. The average Bonchev–Trinajstić information content (AvgIpc) is 3.06. The first-order valence-corrected chi connectivity index (χ1v) is 8.13. The molecule has 1 amide bonds. The molecular weight excluding hydrogens is 292 g/mol. The summed E-state index contributed by atoms with van der Waals surface area (Å²) in [6.45, 7) is 5.52. The van der Waals surface area contributed by atoms with E-state index < -0.39 is 0 Å². The zero-order chi connectivity index (χ0) is 16.2. The quantitative estimate of drug-likeness (QED) is 0.867. The summed E-state index contributed by atoms with van der Waals surface area (Å²) >= 11 is 0. The molecule has 3 heterocycles. The van der Waals surface area contributed by atoms with E-state index in [1.807, 2.05) is 30.9 Å². The number of carbonyl (C=O) groups excluding carboxylic acids is 1. The van der Waals surface area contributed by atoms with Gasteiger partial charge >= 0.3 is 0 Å². The largest absolute Gasteiger partial charge is 0.342 e. The molecule has 0 bridgehead atoms. The number of piperidine rings is 1. The lowest BCUT2D eigenvalue weighted by molar-refractivity contribution is -0.131. The van der Waals surface area contributed by atoms with Crippen LogP contribution in [0, 0.1) is 0 Å². The van der Waals surface area contributed by atoms with Crippen LogP contribution >= 0.6 is 0 Å². The topological polar surface area (TPSA) is 72.1 Å². The van der Waals surface area contributed by atoms with Gasteiger partial charge in [0.2, 0.25) is 11.8 Å². The molecule has 0 unspecified atom stereocenters. The van der Waals surface area contributed by atoms with Crippen molar-refractivity contribution in [3.63, 3.8) is 0 Å². The third-order valence-corrected chi connectivity index (χ3v) is 4.17. The number of rotatable bonds is 4. The van der Waals surface area contributed by atoms with Crippen LogP contribution in [0.4, 0.5) is 0 Å². The Kier molecular flexibility index (Phi) is 4.69. The minimum atomic E-state index is 0.135. The monoisotopic (exact) mass is 314 g/mol. The zero-order valence-corrected chi connectivity index (χ0v) is 13.6. The van der Waals surface area contributed by atoms with Crippen LogP contribution in [0.3, 0.4) is 0 Å². The van der Waals surface area contributed by atoms with Crippen LogP contribution in [0.15, 0.2) is 29.0 Å². The Hall–Kier alpha value is -2.24. The van der Waals surface area contributed by atoms with Gasteiger partial charge in [-0.3, -0.25) is 9.78 Å². The van der Waals surface area contributed by atoms with E-state index in [0.29, 0.717) is 18.9 Å². The third-order valence-electron chi connectivity index (χ3n) is 4.17. The zero-order valence-electron chi connectivity index (χ0n) is 13.6. The number of carbonyl (C=O) groups is 1. The van der Waals surface area contributed by atoms with Crippen molar-refractivity contribution in [2.75, 3.05) is 13.1 Å². The Morgan fingerprint density at radius 3 is 3.04 bits per heavy atom. The van der Waals surface area contributed by atoms with Gasteiger partial charge in [0.1, 0.15) is 0 Å². The molecule has 0 aromatic carbocycles. The molecule has 0 radical (unpaired) electrons. The summed E-state index contributed by atoms with van der Waals surface area (Å²) in [6, 6.07) is 3.79. The number of pyridine rings is 1. The molecule has 0 spiro atoms. The molecule has 1 fully saturated rings. The van der Waals surface area contributed by atoms with Crippen LogP contribution in [0.5, 0.6) is 0 Å². The summed E-state index contributed by atoms with van der Waals surface area (Å²) < 4.78 is 5.30. The van der Waals surface area contributed by atoms with E-state index in [-0.39, 0.29) is 17.7 Å². The highest BCUT2D eigenvalue weighted by Gasteiger charge is 2.28. The van der Waals surface area contributed by atoms with Crippen molar-refractivity contribution < 1.29 is 9.32 Å². The fourth-order valence-electron chi connectivity index (χ4n) is 2.85. The Labute approximate surface area is 135 Å². The maximum Gasteiger partial charge on any atom is 0.229 e. The molecule has 0 N–H and O–H groups in total. The fourth-order valence-corrected chi connectivity index (χ4v) is 2.85. The number of hydrogen-bond donors (Lipinski definition) is 0. The molecule has 3 rings (SSSR count). The lowest BCUT2D eigenvalue weighted by atomic mass is 9.97. The second kappa shape index (κ2) is 6.89. The highest BCUT2D eigenvalue weighted by Crippen LogP contribution is 2.26. The number of nitrogens with zero attached hydrogens (tertiary/aromatic N) is 4. The first-order valence-electron chi connectivity index (χ1n) is 8.13. The Morgan fingerprint density at radius 1 is 1.48 bits per heavy atom. The highest BCUT2D eigenvalue weighted by atomic mass is 16.5. The van der Waals surface area contributed by atoms with Crippen LogP contribution in [-0.2, 0) is 11.2 Å². The predicted molar refractivity (Wildman–Crippen MR) is 84.9 cm³/mol. The standard InChI is InChI=1S/C17H22N4O2/c1-12(2)17-19-16(20-23-17)14-6-4-8-21(11-14)15(22)9-13-5-3-7-18-10-13/h3,5,7,10,12,14H,4,6,8-9,11H2,1-2H3/t14-/m0/s1. The molecule has 6 heteroatoms. The second-order valence-electron chi connectivity index (χ2n) is 6.36. The first kappa shape index (κ1) is 15.6. The fraction of sp³-hybridized carbons (Fsp3) is 0.529. The Bertz CT molecular complexity index is 654. The van der Waals surface area contributed by atoms with Gasteiger partial charge in [-0.15, -0.1) is 0 Å². The van der Waals surface area contributed by atoms with Crippen molar-refractivity contribution in [1.82, 2.24) is 20.0 Å². The van der Waals surface area contributed by atoms with E-state index in [9.17, 15) is 4.79 Å². The van der Waals surface area contributed by atoms with Crippen molar-refractivity contribution >= 4 is 5.91 Å². The SMILES string of the molecule is CC(C)c1nc([C@H]2CCCN(C(=O)Cc3cccnc3)C2)no1. The smallest absolute Gasteiger partial charge is 0.229 e. The van der Waals surface area contributed by atoms with Gasteiger partial charge in [-0.05, 0) is 24.5 Å². The van der Waals surface area contributed by atoms with Crippen molar-refractivity contribution in [3.8, 4) is 0 Å². The molecule has 0 saturated carbocycles. The summed E-state index contributed by atoms with van der Waals surface area (Å²) in [5, 5.41) is 4.10. The van der Waals surface area contributed by atoms with Gasteiger partial charge in [0, 0.05) is 37.3 Å². The summed E-state index contributed by atoms with van der Waals surface area (Å²) in [7, 11) is 0. The summed E-state index contributed by atoms with van der Waals surface area (Å²) in [5.41, 5.74) is 0.946. The molecule has 2 aromatic heterocycles. The number of aromatic nitrogens is 3. The maximum absolute atomic E-state index is 12.5. The van der Waals surface area contributed by atoms with Crippen LogP contribution in [0.1, 0.15) is 55.8 Å². The van der Waals surface area contributed by atoms with Gasteiger partial charge in [0.05, 0.1) is 6.42 Å². The average molecular weight is 314 g/mol. The third kappa shape index (κ3) is 3.75. The van der Waals surface area contributed by atoms with Gasteiger partial charge < -0.3 is 9.42 Å². The number of likely N-dealkylation sites (tertiary alicyclic amines) is 1. The molecule has 1 aliphatic heterocycles. The van der Waals surface area contributed by atoms with Gasteiger partial charge in [-0.1, -0.05) is 25.1 Å². The van der Waals surface area contributed by atoms with Gasteiger partial charge in [0.15, 0.2) is 5.82 Å². The molecule has 6 nitrogen and oxygen atoms in total. The van der Waals surface area contributed by atoms with Gasteiger partial charge in [-0.2, -0.15) is 4.98 Å². The van der Waals surface area contributed by atoms with E-state index in [1.54, 1.807) is 12.4 Å². The number of hydrogen-bond acceptors (Lipinski definition) is 5. The molecule has 0 aliphatic carbocycles. The lowest BCUT2D eigenvalue weighted by Gasteiger charge is -2.31. The van der Waals surface area contributed by atoms with Crippen LogP contribution in [-0.4, -0.2) is 39.0 Å². The van der Waals surface area contributed by atoms with Crippen molar-refractivity contribution in [1.29, 1.82) is 0 Å². The molecule has 2 aromatic rings. The van der Waals surface area contributed by atoms with E-state index in [0.717, 1.165) is 30.8 Å². The molecule has 23 heavy (non-hydrogen) atoms. The van der Waals surface area contributed by atoms with Crippen molar-refractivity contribution in [3.05, 3.63) is 41.8 Å². The Morgan fingerprint density at radius 2 is 2.35 bits per heavy atom. The summed E-state index contributed by atoms with van der Waals surface area (Å²) in [6.07, 6.45) is 5.81. The normalized spacial score (nSPS) is 18.4. The first-order chi connectivity index (χ1) is 11.1. The van der Waals surface area contributed by atoms with E-state index >= 15 is 0 Å². The van der Waals surface area contributed by atoms with E-state index in [1.165, 1.54) is 0 Å². The molecule has 122 valence electrons. The highest BCUT2D eigenvalue weighted by molar-refractivity contribution is 5.78. The van der Waals surface area contributed by atoms with Crippen LogP contribution in [0.25, 0.3) is 0 Å². The Balaban J connectivity index is 1.64. The molecule has 1 saturated heterocycles. The van der Waals surface area contributed by atoms with Crippen molar-refractivity contribution in [2.24, 2.45) is 0 Å². The van der Waals surface area contributed by atoms with Gasteiger partial charge in [-0.25, -0.2) is 0 Å². The lowest BCUT2D eigenvalue weighted by Crippen LogP contribution is -2.40. The molecule has 1 atom stereocenters. The maximum atomic E-state index is 12.5. The van der Waals surface area contributed by atoms with Crippen molar-refractivity contribution in [2.45, 2.75) is 44.9 Å². The molecule has 1 aliphatic rings. The minimum Gasteiger partial charge on any atom is -0.342 e. The second-order valence-corrected chi connectivity index (χ2v) is 6.36. The molecular formula is C17H22N4O2. The summed E-state index contributed by atoms with van der Waals surface area (Å²) in [5.74, 6) is 1.92. The number of amides is 1. The van der Waals surface area contributed by atoms with E-state index in [2.05, 4.69) is 15.1 Å². The van der Waals surface area contributed by atoms with Gasteiger partial charge in [0.25, 0.3) is 0 Å². The summed E-state index contributed by atoms with van der Waals surface area (Å²) in [4.78, 5) is 22.9. The van der Waals surface area contributed by atoms with Crippen LogP contribution < -0.4 is 0 Å². The minimum absolute atomic E-state index is 0.135.